The van der Waals surface area contributed by atoms with Crippen LogP contribution in [0.25, 0.3) is 0 Å². The molecule has 1 unspecified atom stereocenters. The minimum Gasteiger partial charge on any atom is -0.294 e. The topological polar surface area (TPSA) is 29.0 Å². The molecule has 4 aromatic carbocycles. The van der Waals surface area contributed by atoms with Gasteiger partial charge in [0.15, 0.2) is 0 Å². The number of rotatable bonds is 2. The predicted octanol–water partition coefficient (Wildman–Crippen LogP) is 5.47. The molecule has 0 saturated heterocycles. The van der Waals surface area contributed by atoms with Crippen molar-refractivity contribution in [3.8, 4) is 0 Å². The Bertz CT molecular complexity index is 1600. The maximum Gasteiger partial charge on any atom is 0.244 e. The SMILES string of the molecule is c1ccc(B2c3ccccc3C3(c4ccncc42)c2ccccc2N(c2ccccc2)c2ncccc23)cc1. The van der Waals surface area contributed by atoms with Gasteiger partial charge in [-0.05, 0) is 52.5 Å². The molecule has 2 aromatic heterocycles. The molecule has 0 bridgehead atoms. The second-order valence-electron chi connectivity index (χ2n) is 10.2. The van der Waals surface area contributed by atoms with Gasteiger partial charge in [0, 0.05) is 29.8 Å². The summed E-state index contributed by atoms with van der Waals surface area (Å²) in [4.78, 5) is 12.0. The highest BCUT2D eigenvalue weighted by molar-refractivity contribution is 6.96. The van der Waals surface area contributed by atoms with E-state index in [0.717, 1.165) is 17.2 Å². The number of benzene rings is 4. The molecule has 3 nitrogen and oxygen atoms in total. The number of anilines is 3. The van der Waals surface area contributed by atoms with Crippen molar-refractivity contribution in [2.75, 3.05) is 4.90 Å². The molecule has 0 N–H and O–H groups in total. The van der Waals surface area contributed by atoms with Crippen molar-refractivity contribution in [1.82, 2.24) is 9.97 Å². The van der Waals surface area contributed by atoms with Crippen LogP contribution in [0, 0.1) is 0 Å². The van der Waals surface area contributed by atoms with E-state index in [9.17, 15) is 0 Å². The van der Waals surface area contributed by atoms with Crippen molar-refractivity contribution in [3.63, 3.8) is 0 Å². The predicted molar refractivity (Wildman–Crippen MR) is 160 cm³/mol. The van der Waals surface area contributed by atoms with Gasteiger partial charge in [0.25, 0.3) is 0 Å². The monoisotopic (exact) mass is 497 g/mol. The number of hydrogen-bond donors (Lipinski definition) is 0. The maximum atomic E-state index is 5.06. The molecule has 182 valence electrons. The quantitative estimate of drug-likeness (QED) is 0.297. The lowest BCUT2D eigenvalue weighted by Crippen LogP contribution is -2.62. The minimum absolute atomic E-state index is 0.0937. The molecular weight excluding hydrogens is 473 g/mol. The first kappa shape index (κ1) is 22.1. The summed E-state index contributed by atoms with van der Waals surface area (Å²) >= 11 is 0. The van der Waals surface area contributed by atoms with Crippen LogP contribution in [0.4, 0.5) is 17.2 Å². The van der Waals surface area contributed by atoms with E-state index < -0.39 is 5.41 Å². The molecule has 0 fully saturated rings. The van der Waals surface area contributed by atoms with E-state index in [1.54, 1.807) is 0 Å². The largest absolute Gasteiger partial charge is 0.294 e. The summed E-state index contributed by atoms with van der Waals surface area (Å²) in [6.45, 7) is 0.0937. The first-order valence-corrected chi connectivity index (χ1v) is 13.4. The molecule has 2 aliphatic heterocycles. The van der Waals surface area contributed by atoms with Crippen LogP contribution in [-0.4, -0.2) is 16.7 Å². The molecule has 39 heavy (non-hydrogen) atoms. The molecule has 8 rings (SSSR count). The van der Waals surface area contributed by atoms with Crippen LogP contribution >= 0.6 is 0 Å². The van der Waals surface area contributed by atoms with Crippen LogP contribution < -0.4 is 21.3 Å². The lowest BCUT2D eigenvalue weighted by molar-refractivity contribution is 0.728. The smallest absolute Gasteiger partial charge is 0.244 e. The highest BCUT2D eigenvalue weighted by Crippen LogP contribution is 2.56. The van der Waals surface area contributed by atoms with Crippen molar-refractivity contribution in [2.24, 2.45) is 0 Å². The van der Waals surface area contributed by atoms with Crippen molar-refractivity contribution in [3.05, 3.63) is 168 Å². The van der Waals surface area contributed by atoms with Gasteiger partial charge in [0.1, 0.15) is 5.82 Å². The van der Waals surface area contributed by atoms with E-state index in [1.165, 1.54) is 38.6 Å². The number of pyridine rings is 2. The van der Waals surface area contributed by atoms with Gasteiger partial charge in [0.05, 0.1) is 11.1 Å². The Morgan fingerprint density at radius 1 is 0.538 bits per heavy atom. The van der Waals surface area contributed by atoms with Gasteiger partial charge in [-0.25, -0.2) is 4.98 Å². The average Bonchev–Trinajstić information content (AvgIpc) is 3.02. The van der Waals surface area contributed by atoms with Crippen molar-refractivity contribution >= 4 is 40.3 Å². The first-order chi connectivity index (χ1) is 19.4. The van der Waals surface area contributed by atoms with E-state index in [4.69, 9.17) is 4.98 Å². The Morgan fingerprint density at radius 2 is 1.21 bits per heavy atom. The number of fused-ring (bicyclic) bond motifs is 8. The molecule has 2 aliphatic rings. The lowest BCUT2D eigenvalue weighted by atomic mass is 9.31. The summed E-state index contributed by atoms with van der Waals surface area (Å²) in [7, 11) is 0. The Hall–Kier alpha value is -4.96. The Balaban J connectivity index is 1.53. The Kier molecular flexibility index (Phi) is 4.83. The second kappa shape index (κ2) is 8.54. The summed E-state index contributed by atoms with van der Waals surface area (Å²) in [5.74, 6) is 0.957. The van der Waals surface area contributed by atoms with E-state index in [0.29, 0.717) is 0 Å². The van der Waals surface area contributed by atoms with Crippen molar-refractivity contribution in [2.45, 2.75) is 5.41 Å². The fourth-order valence-corrected chi connectivity index (χ4v) is 6.92. The minimum atomic E-state index is -0.536. The highest BCUT2D eigenvalue weighted by Gasteiger charge is 2.52. The van der Waals surface area contributed by atoms with Crippen LogP contribution in [-0.2, 0) is 5.41 Å². The van der Waals surface area contributed by atoms with Crippen LogP contribution in [0.2, 0.25) is 0 Å². The zero-order chi connectivity index (χ0) is 25.8. The van der Waals surface area contributed by atoms with Crippen molar-refractivity contribution in [1.29, 1.82) is 0 Å². The van der Waals surface area contributed by atoms with E-state index >= 15 is 0 Å². The van der Waals surface area contributed by atoms with Gasteiger partial charge < -0.3 is 0 Å². The molecule has 0 radical (unpaired) electrons. The zero-order valence-corrected chi connectivity index (χ0v) is 21.3. The molecule has 0 saturated carbocycles. The summed E-state index contributed by atoms with van der Waals surface area (Å²) in [5.41, 5.74) is 10.5. The summed E-state index contributed by atoms with van der Waals surface area (Å²) in [6, 6.07) is 45.7. The normalized spacial score (nSPS) is 16.7. The molecular formula is C35H24BN3. The molecule has 4 heteroatoms. The number of para-hydroxylation sites is 2. The van der Waals surface area contributed by atoms with E-state index in [-0.39, 0.29) is 6.71 Å². The lowest BCUT2D eigenvalue weighted by Gasteiger charge is -2.49. The summed E-state index contributed by atoms with van der Waals surface area (Å²) < 4.78 is 0. The van der Waals surface area contributed by atoms with E-state index in [2.05, 4.69) is 143 Å². The zero-order valence-electron chi connectivity index (χ0n) is 21.3. The van der Waals surface area contributed by atoms with Crippen LogP contribution in [0.15, 0.2) is 146 Å². The van der Waals surface area contributed by atoms with Gasteiger partial charge in [-0.15, -0.1) is 0 Å². The summed E-state index contributed by atoms with van der Waals surface area (Å²) in [5, 5.41) is 0. The van der Waals surface area contributed by atoms with Crippen LogP contribution in [0.3, 0.4) is 0 Å². The van der Waals surface area contributed by atoms with Gasteiger partial charge in [-0.3, -0.25) is 9.88 Å². The molecule has 6 aromatic rings. The highest BCUT2D eigenvalue weighted by atomic mass is 15.2. The summed E-state index contributed by atoms with van der Waals surface area (Å²) in [6.07, 6.45) is 5.93. The standard InChI is InChI=1S/C35H24BN3/c1-3-12-25(13-4-1)36-31-19-9-7-16-27(31)35(28-21-23-37-24-32(28)36)29-17-8-10-20-33(29)39(26-14-5-2-6-15-26)34-30(35)18-11-22-38-34/h1-24H. The third kappa shape index (κ3) is 3.00. The third-order valence-electron chi connectivity index (χ3n) is 8.34. The Morgan fingerprint density at radius 3 is 2.05 bits per heavy atom. The van der Waals surface area contributed by atoms with Gasteiger partial charge in [0.2, 0.25) is 6.71 Å². The number of hydrogen-bond acceptors (Lipinski definition) is 3. The van der Waals surface area contributed by atoms with Crippen LogP contribution in [0.5, 0.6) is 0 Å². The van der Waals surface area contributed by atoms with Gasteiger partial charge in [-0.2, -0.15) is 0 Å². The molecule has 0 amide bonds. The molecule has 4 heterocycles. The molecule has 1 atom stereocenters. The van der Waals surface area contributed by atoms with E-state index in [1.807, 2.05) is 12.4 Å². The average molecular weight is 497 g/mol. The number of aromatic nitrogens is 2. The van der Waals surface area contributed by atoms with Crippen molar-refractivity contribution < 1.29 is 0 Å². The van der Waals surface area contributed by atoms with Gasteiger partial charge >= 0.3 is 0 Å². The Labute approximate surface area is 228 Å². The molecule has 1 spiro atoms. The van der Waals surface area contributed by atoms with Crippen LogP contribution in [0.1, 0.15) is 22.3 Å². The first-order valence-electron chi connectivity index (χ1n) is 13.4. The fourth-order valence-electron chi connectivity index (χ4n) is 6.92. The maximum absolute atomic E-state index is 5.06. The van der Waals surface area contributed by atoms with Gasteiger partial charge in [-0.1, -0.05) is 108 Å². The third-order valence-corrected chi connectivity index (χ3v) is 8.34. The number of nitrogens with zero attached hydrogens (tertiary/aromatic N) is 3. The fraction of sp³-hybridized carbons (Fsp3) is 0.0286. The molecule has 0 aliphatic carbocycles. The second-order valence-corrected chi connectivity index (χ2v) is 10.2.